The second kappa shape index (κ2) is 4.71. The lowest BCUT2D eigenvalue weighted by Crippen LogP contribution is -2.20. The molecule has 0 saturated carbocycles. The molecule has 0 unspecified atom stereocenters. The van der Waals surface area contributed by atoms with Gasteiger partial charge in [0.05, 0.1) is 14.2 Å². The number of phenolic OH excluding ortho intramolecular Hbond substituents is 1. The van der Waals surface area contributed by atoms with E-state index in [4.69, 9.17) is 20.3 Å². The van der Waals surface area contributed by atoms with Gasteiger partial charge in [0.2, 0.25) is 5.75 Å². The Morgan fingerprint density at radius 2 is 1.75 bits per heavy atom. The fourth-order valence-electron chi connectivity index (χ4n) is 1.24. The summed E-state index contributed by atoms with van der Waals surface area (Å²) in [6, 6.07) is 1.52. The van der Waals surface area contributed by atoms with E-state index in [1.54, 1.807) is 0 Å². The van der Waals surface area contributed by atoms with E-state index in [2.05, 4.69) is 0 Å². The van der Waals surface area contributed by atoms with E-state index in [9.17, 15) is 9.90 Å². The van der Waals surface area contributed by atoms with E-state index < -0.39 is 12.0 Å². The number of phenols is 1. The molecule has 0 heterocycles. The first kappa shape index (κ1) is 12.1. The maximum absolute atomic E-state index is 10.7. The molecule has 16 heavy (non-hydrogen) atoms. The molecule has 6 heteroatoms. The predicted molar refractivity (Wildman–Crippen MR) is 55.8 cm³/mol. The molecule has 88 valence electrons. The van der Waals surface area contributed by atoms with Gasteiger partial charge in [-0.25, -0.2) is 0 Å². The summed E-state index contributed by atoms with van der Waals surface area (Å²) in [4.78, 5) is 10.7. The topological polar surface area (TPSA) is 102 Å². The Hall–Kier alpha value is -1.95. The van der Waals surface area contributed by atoms with Crippen LogP contribution < -0.4 is 15.2 Å². The molecule has 1 aromatic carbocycles. The first-order chi connectivity index (χ1) is 7.51. The van der Waals surface area contributed by atoms with E-state index in [-0.39, 0.29) is 17.2 Å². The minimum absolute atomic E-state index is 0.117. The van der Waals surface area contributed by atoms with Crippen LogP contribution in [-0.4, -0.2) is 30.4 Å². The SMILES string of the molecule is COc1cc([C@H](N)C(=O)O)cc(OC)c1O. The van der Waals surface area contributed by atoms with Crippen LogP contribution in [0.3, 0.4) is 0 Å². The van der Waals surface area contributed by atoms with Gasteiger partial charge in [-0.2, -0.15) is 0 Å². The molecule has 0 bridgehead atoms. The van der Waals surface area contributed by atoms with Gasteiger partial charge in [-0.3, -0.25) is 4.79 Å². The lowest BCUT2D eigenvalue weighted by atomic mass is 10.1. The summed E-state index contributed by atoms with van der Waals surface area (Å²) in [6.07, 6.45) is 0. The number of benzene rings is 1. The fourth-order valence-corrected chi connectivity index (χ4v) is 1.24. The van der Waals surface area contributed by atoms with Gasteiger partial charge in [0.1, 0.15) is 6.04 Å². The number of carboxylic acids is 1. The van der Waals surface area contributed by atoms with Crippen molar-refractivity contribution < 1.29 is 24.5 Å². The van der Waals surface area contributed by atoms with E-state index in [1.165, 1.54) is 26.4 Å². The van der Waals surface area contributed by atoms with Gasteiger partial charge in [-0.15, -0.1) is 0 Å². The largest absolute Gasteiger partial charge is 0.502 e. The van der Waals surface area contributed by atoms with Gasteiger partial charge < -0.3 is 25.4 Å². The van der Waals surface area contributed by atoms with Crippen molar-refractivity contribution >= 4 is 5.97 Å². The monoisotopic (exact) mass is 227 g/mol. The number of carbonyl (C=O) groups is 1. The quantitative estimate of drug-likeness (QED) is 0.692. The van der Waals surface area contributed by atoms with Crippen molar-refractivity contribution in [3.05, 3.63) is 17.7 Å². The number of nitrogens with two attached hydrogens (primary N) is 1. The molecule has 0 spiro atoms. The van der Waals surface area contributed by atoms with Crippen molar-refractivity contribution in [1.29, 1.82) is 0 Å². The molecule has 0 fully saturated rings. The van der Waals surface area contributed by atoms with Crippen molar-refractivity contribution in [3.63, 3.8) is 0 Å². The molecule has 0 amide bonds. The molecule has 1 aromatic rings. The minimum atomic E-state index is -1.19. The predicted octanol–water partition coefficient (Wildman–Crippen LogP) is 0.494. The molecule has 4 N–H and O–H groups in total. The second-order valence-electron chi connectivity index (χ2n) is 3.09. The maximum Gasteiger partial charge on any atom is 0.325 e. The zero-order chi connectivity index (χ0) is 12.3. The fraction of sp³-hybridized carbons (Fsp3) is 0.300. The highest BCUT2D eigenvalue weighted by Gasteiger charge is 2.19. The van der Waals surface area contributed by atoms with Gasteiger partial charge in [-0.05, 0) is 17.7 Å². The van der Waals surface area contributed by atoms with Crippen molar-refractivity contribution in [2.24, 2.45) is 5.73 Å². The lowest BCUT2D eigenvalue weighted by Gasteiger charge is -2.13. The molecule has 0 aliphatic carbocycles. The Kier molecular flexibility index (Phi) is 3.57. The molecular formula is C10H13NO5. The smallest absolute Gasteiger partial charge is 0.325 e. The van der Waals surface area contributed by atoms with E-state index >= 15 is 0 Å². The summed E-state index contributed by atoms with van der Waals surface area (Å²) in [6.45, 7) is 0. The van der Waals surface area contributed by atoms with Gasteiger partial charge >= 0.3 is 5.97 Å². The van der Waals surface area contributed by atoms with Crippen LogP contribution in [0, 0.1) is 0 Å². The molecule has 1 rings (SSSR count). The Morgan fingerprint density at radius 1 is 1.31 bits per heavy atom. The Labute approximate surface area is 92.2 Å². The molecule has 0 saturated heterocycles. The number of aromatic hydroxyl groups is 1. The van der Waals surface area contributed by atoms with Crippen LogP contribution in [0.2, 0.25) is 0 Å². The third-order valence-electron chi connectivity index (χ3n) is 2.13. The van der Waals surface area contributed by atoms with Gasteiger partial charge in [0.15, 0.2) is 11.5 Å². The van der Waals surface area contributed by atoms with Crippen LogP contribution in [-0.2, 0) is 4.79 Å². The third-order valence-corrected chi connectivity index (χ3v) is 2.13. The number of hydrogen-bond acceptors (Lipinski definition) is 5. The molecule has 1 atom stereocenters. The highest BCUT2D eigenvalue weighted by Crippen LogP contribution is 2.38. The standard InChI is InChI=1S/C10H13NO5/c1-15-6-3-5(8(11)10(13)14)4-7(16-2)9(6)12/h3-4,8,12H,11H2,1-2H3,(H,13,14)/t8-/m0/s1. The average molecular weight is 227 g/mol. The lowest BCUT2D eigenvalue weighted by molar-refractivity contribution is -0.138. The first-order valence-electron chi connectivity index (χ1n) is 4.44. The van der Waals surface area contributed by atoms with E-state index in [0.29, 0.717) is 5.56 Å². The summed E-state index contributed by atoms with van der Waals surface area (Å²) >= 11 is 0. The van der Waals surface area contributed by atoms with Crippen LogP contribution in [0.15, 0.2) is 12.1 Å². The average Bonchev–Trinajstić information content (AvgIpc) is 2.28. The number of aliphatic carboxylic acids is 1. The van der Waals surface area contributed by atoms with Crippen LogP contribution in [0.5, 0.6) is 17.2 Å². The van der Waals surface area contributed by atoms with Crippen LogP contribution in [0.1, 0.15) is 11.6 Å². The van der Waals surface area contributed by atoms with Crippen molar-refractivity contribution in [1.82, 2.24) is 0 Å². The Balaban J connectivity index is 3.26. The van der Waals surface area contributed by atoms with Crippen LogP contribution in [0.25, 0.3) is 0 Å². The molecule has 0 radical (unpaired) electrons. The summed E-state index contributed by atoms with van der Waals surface area (Å²) in [5.74, 6) is -1.13. The van der Waals surface area contributed by atoms with Crippen molar-refractivity contribution in [3.8, 4) is 17.2 Å². The van der Waals surface area contributed by atoms with Crippen molar-refractivity contribution in [2.45, 2.75) is 6.04 Å². The highest BCUT2D eigenvalue weighted by atomic mass is 16.5. The minimum Gasteiger partial charge on any atom is -0.502 e. The molecular weight excluding hydrogens is 214 g/mol. The molecule has 0 aliphatic rings. The summed E-state index contributed by atoms with van der Waals surface area (Å²) in [5, 5.41) is 18.4. The van der Waals surface area contributed by atoms with E-state index in [1.807, 2.05) is 0 Å². The molecule has 0 aliphatic heterocycles. The maximum atomic E-state index is 10.7. The first-order valence-corrected chi connectivity index (χ1v) is 4.44. The third kappa shape index (κ3) is 2.17. The number of rotatable bonds is 4. The van der Waals surface area contributed by atoms with E-state index in [0.717, 1.165) is 0 Å². The number of methoxy groups -OCH3 is 2. The van der Waals surface area contributed by atoms with Gasteiger partial charge in [0, 0.05) is 0 Å². The zero-order valence-electron chi connectivity index (χ0n) is 8.93. The molecule has 6 nitrogen and oxygen atoms in total. The van der Waals surface area contributed by atoms with Gasteiger partial charge in [-0.1, -0.05) is 0 Å². The summed E-state index contributed by atoms with van der Waals surface area (Å²) in [5.41, 5.74) is 5.73. The molecule has 0 aromatic heterocycles. The summed E-state index contributed by atoms with van der Waals surface area (Å²) < 4.78 is 9.76. The van der Waals surface area contributed by atoms with Crippen LogP contribution in [0.4, 0.5) is 0 Å². The van der Waals surface area contributed by atoms with Gasteiger partial charge in [0.25, 0.3) is 0 Å². The second-order valence-corrected chi connectivity index (χ2v) is 3.09. The highest BCUT2D eigenvalue weighted by molar-refractivity contribution is 5.76. The van der Waals surface area contributed by atoms with Crippen molar-refractivity contribution in [2.75, 3.05) is 14.2 Å². The normalized spacial score (nSPS) is 11.9. The summed E-state index contributed by atoms with van der Waals surface area (Å²) in [7, 11) is 2.70. The Morgan fingerprint density at radius 3 is 2.06 bits per heavy atom. The van der Waals surface area contributed by atoms with Crippen LogP contribution >= 0.6 is 0 Å². The number of hydrogen-bond donors (Lipinski definition) is 3. The number of carboxylic acid groups (broad SMARTS) is 1. The zero-order valence-corrected chi connectivity index (χ0v) is 8.93. The number of ether oxygens (including phenoxy) is 2. The Bertz CT molecular complexity index is 379.